The van der Waals surface area contributed by atoms with Gasteiger partial charge in [0.05, 0.1) is 5.60 Å². The van der Waals surface area contributed by atoms with Crippen molar-refractivity contribution in [2.45, 2.75) is 44.4 Å². The van der Waals surface area contributed by atoms with E-state index in [4.69, 9.17) is 4.74 Å². The highest BCUT2D eigenvalue weighted by Gasteiger charge is 2.44. The van der Waals surface area contributed by atoms with E-state index in [1.807, 2.05) is 0 Å². The lowest BCUT2D eigenvalue weighted by Crippen LogP contribution is -2.60. The number of alkyl halides is 3. The van der Waals surface area contributed by atoms with Crippen molar-refractivity contribution in [3.8, 4) is 5.75 Å². The molecule has 0 radical (unpaired) electrons. The van der Waals surface area contributed by atoms with Crippen molar-refractivity contribution < 1.29 is 27.4 Å². The van der Waals surface area contributed by atoms with E-state index in [9.17, 15) is 18.0 Å². The predicted molar refractivity (Wildman–Crippen MR) is 88.6 cm³/mol. The average Bonchev–Trinajstić information content (AvgIpc) is 2.55. The smallest absolute Gasteiger partial charge is 0.406 e. The van der Waals surface area contributed by atoms with Crippen LogP contribution in [0.4, 0.5) is 13.2 Å². The first-order valence-corrected chi connectivity index (χ1v) is 8.66. The fourth-order valence-corrected chi connectivity index (χ4v) is 3.73. The Kier molecular flexibility index (Phi) is 5.16. The molecule has 2 heterocycles. The summed E-state index contributed by atoms with van der Waals surface area (Å²) in [6.07, 6.45) is -3.44. The first-order chi connectivity index (χ1) is 12.2. The number of likely N-dealkylation sites (tertiary alicyclic amines) is 1. The summed E-state index contributed by atoms with van der Waals surface area (Å²) in [4.78, 5) is 15.9. The van der Waals surface area contributed by atoms with Gasteiger partial charge in [-0.05, 0) is 37.5 Å². The van der Waals surface area contributed by atoms with E-state index < -0.39 is 12.5 Å². The summed E-state index contributed by atoms with van der Waals surface area (Å²) in [6.45, 7) is 4.68. The maximum atomic E-state index is 12.2. The molecule has 1 spiro atoms. The Balaban J connectivity index is 1.53. The second-order valence-electron chi connectivity index (χ2n) is 7.11. The normalized spacial score (nSPS) is 24.1. The highest BCUT2D eigenvalue weighted by atomic mass is 19.4. The highest BCUT2D eigenvalue weighted by Crippen LogP contribution is 2.33. The number of hydrogen-bond donors (Lipinski definition) is 0. The van der Waals surface area contributed by atoms with Crippen molar-refractivity contribution in [3.63, 3.8) is 0 Å². The zero-order chi connectivity index (χ0) is 18.9. The third kappa shape index (κ3) is 4.48. The lowest BCUT2D eigenvalue weighted by Gasteiger charge is -2.48. The molecule has 1 amide bonds. The molecule has 0 unspecified atom stereocenters. The number of amides is 1. The molecule has 26 heavy (non-hydrogen) atoms. The molecule has 1 atom stereocenters. The average molecular weight is 372 g/mol. The number of rotatable bonds is 3. The predicted octanol–water partition coefficient (Wildman–Crippen LogP) is 2.80. The minimum absolute atomic E-state index is 0.0132. The van der Waals surface area contributed by atoms with Crippen molar-refractivity contribution in [1.29, 1.82) is 0 Å². The van der Waals surface area contributed by atoms with Crippen LogP contribution in [0.3, 0.4) is 0 Å². The SMILES string of the molecule is C[C@@H]1OC2(CCN(Cc3ccc(OC(F)(F)F)cc3)CC2)CN(C)C1=O. The number of morpholine rings is 1. The van der Waals surface area contributed by atoms with Crippen molar-refractivity contribution in [3.05, 3.63) is 29.8 Å². The van der Waals surface area contributed by atoms with Crippen LogP contribution >= 0.6 is 0 Å². The van der Waals surface area contributed by atoms with Gasteiger partial charge < -0.3 is 14.4 Å². The van der Waals surface area contributed by atoms with E-state index in [1.54, 1.807) is 31.0 Å². The quantitative estimate of drug-likeness (QED) is 0.818. The van der Waals surface area contributed by atoms with Gasteiger partial charge in [-0.15, -0.1) is 13.2 Å². The van der Waals surface area contributed by atoms with Crippen LogP contribution in [-0.4, -0.2) is 60.5 Å². The van der Waals surface area contributed by atoms with Gasteiger partial charge >= 0.3 is 6.36 Å². The minimum Gasteiger partial charge on any atom is -0.406 e. The topological polar surface area (TPSA) is 42.0 Å². The number of ether oxygens (including phenoxy) is 2. The third-order valence-electron chi connectivity index (χ3n) is 5.01. The fourth-order valence-electron chi connectivity index (χ4n) is 3.73. The molecule has 5 nitrogen and oxygen atoms in total. The molecule has 2 aliphatic heterocycles. The van der Waals surface area contributed by atoms with Crippen LogP contribution in [0.25, 0.3) is 0 Å². The van der Waals surface area contributed by atoms with Gasteiger partial charge in [0.25, 0.3) is 5.91 Å². The minimum atomic E-state index is -4.67. The maximum Gasteiger partial charge on any atom is 0.573 e. The summed E-state index contributed by atoms with van der Waals surface area (Å²) in [5.74, 6) is -0.199. The molecule has 3 rings (SSSR count). The van der Waals surface area contributed by atoms with E-state index in [1.165, 1.54) is 12.1 Å². The molecule has 0 aliphatic carbocycles. The molecule has 0 bridgehead atoms. The van der Waals surface area contributed by atoms with Gasteiger partial charge in [0.1, 0.15) is 11.9 Å². The van der Waals surface area contributed by atoms with Crippen molar-refractivity contribution in [2.75, 3.05) is 26.7 Å². The molecule has 1 aromatic carbocycles. The Bertz CT molecular complexity index is 624. The summed E-state index contributed by atoms with van der Waals surface area (Å²) in [7, 11) is 1.81. The van der Waals surface area contributed by atoms with Gasteiger partial charge in [-0.25, -0.2) is 0 Å². The molecule has 0 aromatic heterocycles. The number of carbonyl (C=O) groups is 1. The lowest BCUT2D eigenvalue weighted by molar-refractivity contribution is -0.274. The van der Waals surface area contributed by atoms with Crippen LogP contribution in [0.2, 0.25) is 0 Å². The molecule has 0 saturated carbocycles. The molecular formula is C18H23F3N2O3. The Labute approximate surface area is 150 Å². The van der Waals surface area contributed by atoms with E-state index in [-0.39, 0.29) is 17.3 Å². The number of nitrogens with zero attached hydrogens (tertiary/aromatic N) is 2. The van der Waals surface area contributed by atoms with Gasteiger partial charge in [-0.2, -0.15) is 0 Å². The van der Waals surface area contributed by atoms with Crippen LogP contribution in [0.1, 0.15) is 25.3 Å². The van der Waals surface area contributed by atoms with E-state index in [0.29, 0.717) is 13.1 Å². The van der Waals surface area contributed by atoms with Gasteiger partial charge in [-0.3, -0.25) is 9.69 Å². The molecule has 2 saturated heterocycles. The number of carbonyl (C=O) groups excluding carboxylic acids is 1. The summed E-state index contributed by atoms with van der Waals surface area (Å²) >= 11 is 0. The van der Waals surface area contributed by atoms with E-state index >= 15 is 0 Å². The molecule has 2 aliphatic rings. The maximum absolute atomic E-state index is 12.2. The molecule has 144 valence electrons. The van der Waals surface area contributed by atoms with E-state index in [2.05, 4.69) is 9.64 Å². The monoisotopic (exact) mass is 372 g/mol. The van der Waals surface area contributed by atoms with Crippen LogP contribution in [0, 0.1) is 0 Å². The molecule has 8 heteroatoms. The zero-order valence-corrected chi connectivity index (χ0v) is 14.9. The van der Waals surface area contributed by atoms with Gasteiger partial charge in [0.2, 0.25) is 0 Å². The van der Waals surface area contributed by atoms with Crippen molar-refractivity contribution in [2.24, 2.45) is 0 Å². The number of piperidine rings is 1. The Morgan fingerprint density at radius 1 is 1.23 bits per heavy atom. The zero-order valence-electron chi connectivity index (χ0n) is 14.9. The Morgan fingerprint density at radius 2 is 1.85 bits per heavy atom. The highest BCUT2D eigenvalue weighted by molar-refractivity contribution is 5.81. The van der Waals surface area contributed by atoms with Crippen LogP contribution in [0.15, 0.2) is 24.3 Å². The van der Waals surface area contributed by atoms with Crippen LogP contribution < -0.4 is 4.74 Å². The number of benzene rings is 1. The van der Waals surface area contributed by atoms with Gasteiger partial charge in [-0.1, -0.05) is 12.1 Å². The summed E-state index contributed by atoms with van der Waals surface area (Å²) < 4.78 is 46.5. The largest absolute Gasteiger partial charge is 0.573 e. The first kappa shape index (κ1) is 19.0. The second kappa shape index (κ2) is 7.08. The molecule has 2 fully saturated rings. The van der Waals surface area contributed by atoms with Crippen molar-refractivity contribution >= 4 is 5.91 Å². The standard InChI is InChI=1S/C18H23F3N2O3/c1-13-16(24)22(2)12-17(25-13)7-9-23(10-8-17)11-14-3-5-15(6-4-14)26-18(19,20)21/h3-6,13H,7-12H2,1-2H3/t13-/m0/s1. The Morgan fingerprint density at radius 3 is 2.38 bits per heavy atom. The second-order valence-corrected chi connectivity index (χ2v) is 7.11. The third-order valence-corrected chi connectivity index (χ3v) is 5.01. The number of hydrogen-bond acceptors (Lipinski definition) is 4. The van der Waals surface area contributed by atoms with Crippen LogP contribution in [0.5, 0.6) is 5.75 Å². The number of halogens is 3. The lowest BCUT2D eigenvalue weighted by atomic mass is 9.88. The van der Waals surface area contributed by atoms with E-state index in [0.717, 1.165) is 31.5 Å². The van der Waals surface area contributed by atoms with Gasteiger partial charge in [0, 0.05) is 33.2 Å². The fraction of sp³-hybridized carbons (Fsp3) is 0.611. The number of likely N-dealkylation sites (N-methyl/N-ethyl adjacent to an activating group) is 1. The molecular weight excluding hydrogens is 349 g/mol. The molecule has 1 aromatic rings. The van der Waals surface area contributed by atoms with Gasteiger partial charge in [0.15, 0.2) is 0 Å². The Hall–Kier alpha value is -1.80. The summed E-state index contributed by atoms with van der Waals surface area (Å²) in [6, 6.07) is 5.97. The molecule has 0 N–H and O–H groups in total. The first-order valence-electron chi connectivity index (χ1n) is 8.66. The van der Waals surface area contributed by atoms with Crippen molar-refractivity contribution in [1.82, 2.24) is 9.80 Å². The summed E-state index contributed by atoms with van der Waals surface area (Å²) in [5, 5.41) is 0. The van der Waals surface area contributed by atoms with Crippen LogP contribution in [-0.2, 0) is 16.1 Å². The summed E-state index contributed by atoms with van der Waals surface area (Å²) in [5.41, 5.74) is 0.642.